The highest BCUT2D eigenvalue weighted by Gasteiger charge is 2.45. The average Bonchev–Trinajstić information content (AvgIpc) is 2.01. The van der Waals surface area contributed by atoms with E-state index in [1.165, 1.54) is 0 Å². The van der Waals surface area contributed by atoms with E-state index in [1.807, 2.05) is 0 Å². The predicted molar refractivity (Wildman–Crippen MR) is 47.0 cm³/mol. The van der Waals surface area contributed by atoms with Crippen LogP contribution in [0.25, 0.3) is 0 Å². The fourth-order valence-corrected chi connectivity index (χ4v) is 2.18. The van der Waals surface area contributed by atoms with Crippen LogP contribution in [0.2, 0.25) is 0 Å². The fraction of sp³-hybridized carbons (Fsp3) is 1.00. The number of rotatable bonds is 2. The Morgan fingerprint density at radius 1 is 0.714 bits per heavy atom. The standard InChI is InChI=1S/C8H10Cl2F4/c9-7(11,12)5-1-2-6(4-3-5)8(10,13)14/h5-6H,1-4H2. The lowest BCUT2D eigenvalue weighted by atomic mass is 9.82. The van der Waals surface area contributed by atoms with Crippen LogP contribution < -0.4 is 0 Å². The Bertz CT molecular complexity index is 166. The van der Waals surface area contributed by atoms with Gasteiger partial charge in [0.1, 0.15) is 0 Å². The lowest BCUT2D eigenvalue weighted by Gasteiger charge is -2.32. The zero-order chi connectivity index (χ0) is 11.0. The first-order valence-corrected chi connectivity index (χ1v) is 5.10. The molecule has 0 heterocycles. The summed E-state index contributed by atoms with van der Waals surface area (Å²) in [5.41, 5.74) is 0. The Labute approximate surface area is 89.6 Å². The molecule has 6 heteroatoms. The Morgan fingerprint density at radius 3 is 1.07 bits per heavy atom. The van der Waals surface area contributed by atoms with Crippen molar-refractivity contribution in [3.63, 3.8) is 0 Å². The van der Waals surface area contributed by atoms with Gasteiger partial charge in [0.15, 0.2) is 0 Å². The van der Waals surface area contributed by atoms with Crippen molar-refractivity contribution in [3.05, 3.63) is 0 Å². The van der Waals surface area contributed by atoms with Crippen molar-refractivity contribution < 1.29 is 17.6 Å². The van der Waals surface area contributed by atoms with Crippen LogP contribution in [0.3, 0.4) is 0 Å². The fourth-order valence-electron chi connectivity index (χ4n) is 1.75. The van der Waals surface area contributed by atoms with E-state index in [0.29, 0.717) is 0 Å². The maximum atomic E-state index is 12.6. The molecule has 14 heavy (non-hydrogen) atoms. The summed E-state index contributed by atoms with van der Waals surface area (Å²) in [6, 6.07) is 0. The molecule has 0 bridgehead atoms. The highest BCUT2D eigenvalue weighted by atomic mass is 35.5. The van der Waals surface area contributed by atoms with Gasteiger partial charge in [0.2, 0.25) is 0 Å². The number of hydrogen-bond acceptors (Lipinski definition) is 0. The normalized spacial score (nSPS) is 30.4. The van der Waals surface area contributed by atoms with Crippen LogP contribution in [0.15, 0.2) is 0 Å². The lowest BCUT2D eigenvalue weighted by Crippen LogP contribution is -2.32. The number of alkyl halides is 6. The maximum absolute atomic E-state index is 12.6. The van der Waals surface area contributed by atoms with Crippen LogP contribution >= 0.6 is 23.2 Å². The van der Waals surface area contributed by atoms with E-state index in [-0.39, 0.29) is 25.7 Å². The minimum Gasteiger partial charge on any atom is -0.188 e. The third-order valence-electron chi connectivity index (χ3n) is 2.65. The Hall–Kier alpha value is 0.300. The van der Waals surface area contributed by atoms with Gasteiger partial charge in [-0.3, -0.25) is 0 Å². The van der Waals surface area contributed by atoms with Crippen LogP contribution in [0.1, 0.15) is 25.7 Å². The zero-order valence-electron chi connectivity index (χ0n) is 7.25. The van der Waals surface area contributed by atoms with Crippen molar-refractivity contribution in [2.45, 2.75) is 36.4 Å². The molecule has 0 aliphatic heterocycles. The largest absolute Gasteiger partial charge is 0.324 e. The zero-order valence-corrected chi connectivity index (χ0v) is 8.76. The minimum absolute atomic E-state index is 0.00345. The maximum Gasteiger partial charge on any atom is 0.324 e. The Morgan fingerprint density at radius 2 is 0.929 bits per heavy atom. The molecule has 1 aliphatic rings. The second kappa shape index (κ2) is 4.05. The van der Waals surface area contributed by atoms with Gasteiger partial charge in [-0.2, -0.15) is 17.6 Å². The third-order valence-corrected chi connectivity index (χ3v) is 3.27. The van der Waals surface area contributed by atoms with Gasteiger partial charge >= 0.3 is 10.8 Å². The summed E-state index contributed by atoms with van der Waals surface area (Å²) < 4.78 is 50.3. The molecule has 0 nitrogen and oxygen atoms in total. The van der Waals surface area contributed by atoms with Crippen molar-refractivity contribution in [2.24, 2.45) is 11.8 Å². The molecule has 1 aliphatic carbocycles. The molecule has 0 spiro atoms. The van der Waals surface area contributed by atoms with Gasteiger partial charge in [-0.1, -0.05) is 0 Å². The second-order valence-electron chi connectivity index (χ2n) is 3.63. The summed E-state index contributed by atoms with van der Waals surface area (Å²) in [6.07, 6.45) is 0.0138. The quantitative estimate of drug-likeness (QED) is 0.503. The summed E-state index contributed by atoms with van der Waals surface area (Å²) in [5.74, 6) is -2.00. The van der Waals surface area contributed by atoms with E-state index in [0.717, 1.165) is 0 Å². The van der Waals surface area contributed by atoms with Gasteiger partial charge in [0.05, 0.1) is 0 Å². The molecule has 0 atom stereocenters. The number of hydrogen-bond donors (Lipinski definition) is 0. The first-order valence-electron chi connectivity index (χ1n) is 4.34. The minimum atomic E-state index is -3.29. The molecule has 0 aromatic heterocycles. The molecule has 1 saturated carbocycles. The molecule has 84 valence electrons. The smallest absolute Gasteiger partial charge is 0.188 e. The van der Waals surface area contributed by atoms with Crippen LogP contribution in [0.5, 0.6) is 0 Å². The SMILES string of the molecule is FC(F)(Cl)C1CCC(C(F)(F)Cl)CC1. The van der Waals surface area contributed by atoms with Gasteiger partial charge in [-0.25, -0.2) is 0 Å². The Balaban J connectivity index is 2.47. The molecule has 1 fully saturated rings. The molecule has 0 unspecified atom stereocenters. The third kappa shape index (κ3) is 3.16. The number of halogens is 6. The summed E-state index contributed by atoms with van der Waals surface area (Å²) in [5, 5.41) is -6.57. The van der Waals surface area contributed by atoms with E-state index in [4.69, 9.17) is 23.2 Å². The van der Waals surface area contributed by atoms with E-state index in [9.17, 15) is 17.6 Å². The van der Waals surface area contributed by atoms with E-state index in [1.54, 1.807) is 0 Å². The highest BCUT2D eigenvalue weighted by molar-refractivity contribution is 6.22. The Kier molecular flexibility index (Phi) is 3.58. The van der Waals surface area contributed by atoms with Crippen molar-refractivity contribution in [3.8, 4) is 0 Å². The van der Waals surface area contributed by atoms with Crippen molar-refractivity contribution in [1.82, 2.24) is 0 Å². The van der Waals surface area contributed by atoms with Crippen LogP contribution in [0.4, 0.5) is 17.6 Å². The summed E-state index contributed by atoms with van der Waals surface area (Å²) in [4.78, 5) is 0. The first kappa shape index (κ1) is 12.4. The van der Waals surface area contributed by atoms with Gasteiger partial charge in [-0.05, 0) is 48.9 Å². The van der Waals surface area contributed by atoms with Gasteiger partial charge in [0, 0.05) is 11.8 Å². The first-order chi connectivity index (χ1) is 6.21. The van der Waals surface area contributed by atoms with Crippen molar-refractivity contribution >= 4 is 23.2 Å². The molecule has 0 aromatic rings. The molecule has 0 amide bonds. The molecule has 0 N–H and O–H groups in total. The van der Waals surface area contributed by atoms with E-state index < -0.39 is 22.6 Å². The molecular formula is C8H10Cl2F4. The molecule has 1 rings (SSSR count). The molecule has 0 radical (unpaired) electrons. The lowest BCUT2D eigenvalue weighted by molar-refractivity contribution is -0.0365. The summed E-state index contributed by atoms with van der Waals surface area (Å²) in [6.45, 7) is 0. The second-order valence-corrected chi connectivity index (χ2v) is 4.64. The van der Waals surface area contributed by atoms with Gasteiger partial charge in [-0.15, -0.1) is 0 Å². The summed E-state index contributed by atoms with van der Waals surface area (Å²) in [7, 11) is 0. The molecular weight excluding hydrogens is 243 g/mol. The predicted octanol–water partition coefficient (Wildman–Crippen LogP) is 4.46. The van der Waals surface area contributed by atoms with Crippen molar-refractivity contribution in [2.75, 3.05) is 0 Å². The van der Waals surface area contributed by atoms with E-state index in [2.05, 4.69) is 0 Å². The van der Waals surface area contributed by atoms with Gasteiger partial charge in [0.25, 0.3) is 0 Å². The topological polar surface area (TPSA) is 0 Å². The van der Waals surface area contributed by atoms with E-state index >= 15 is 0 Å². The van der Waals surface area contributed by atoms with Crippen molar-refractivity contribution in [1.29, 1.82) is 0 Å². The van der Waals surface area contributed by atoms with Crippen LogP contribution in [-0.4, -0.2) is 10.8 Å². The average molecular weight is 253 g/mol. The molecule has 0 aromatic carbocycles. The molecule has 0 saturated heterocycles. The summed E-state index contributed by atoms with van der Waals surface area (Å²) >= 11 is 9.64. The van der Waals surface area contributed by atoms with Crippen LogP contribution in [0, 0.1) is 11.8 Å². The highest BCUT2D eigenvalue weighted by Crippen LogP contribution is 2.46. The van der Waals surface area contributed by atoms with Gasteiger partial charge < -0.3 is 0 Å². The van der Waals surface area contributed by atoms with Crippen LogP contribution in [-0.2, 0) is 0 Å². The monoisotopic (exact) mass is 252 g/mol.